The largest absolute Gasteiger partial charge is 0.296 e. The Balaban J connectivity index is 2.08. The van der Waals surface area contributed by atoms with Gasteiger partial charge in [-0.1, -0.05) is 22.4 Å². The molecule has 0 aromatic heterocycles. The zero-order chi connectivity index (χ0) is 13.0. The second-order valence-electron chi connectivity index (χ2n) is 4.83. The van der Waals surface area contributed by atoms with Gasteiger partial charge in [0.25, 0.3) is 0 Å². The first-order valence-electron chi connectivity index (χ1n) is 6.44. The smallest absolute Gasteiger partial charge is 0.127 e. The summed E-state index contributed by atoms with van der Waals surface area (Å²) >= 11 is 9.25. The molecule has 0 aliphatic carbocycles. The van der Waals surface area contributed by atoms with E-state index in [1.54, 1.807) is 6.07 Å². The summed E-state index contributed by atoms with van der Waals surface area (Å²) in [5.41, 5.74) is 0.769. The normalized spacial score (nSPS) is 21.2. The zero-order valence-corrected chi connectivity index (χ0v) is 12.7. The zero-order valence-electron chi connectivity index (χ0n) is 10.3. The second-order valence-corrected chi connectivity index (χ2v) is 6.13. The molecule has 4 heteroatoms. The summed E-state index contributed by atoms with van der Waals surface area (Å²) in [6.45, 7) is 1.74. The van der Waals surface area contributed by atoms with Crippen LogP contribution in [0.2, 0.25) is 0 Å². The predicted molar refractivity (Wildman–Crippen MR) is 77.5 cm³/mol. The van der Waals surface area contributed by atoms with E-state index in [9.17, 15) is 4.39 Å². The molecule has 1 aliphatic rings. The van der Waals surface area contributed by atoms with E-state index < -0.39 is 0 Å². The molecular weight excluding hydrogens is 317 g/mol. The Labute approximate surface area is 121 Å². The van der Waals surface area contributed by atoms with Crippen LogP contribution in [-0.4, -0.2) is 23.4 Å². The van der Waals surface area contributed by atoms with Gasteiger partial charge in [-0.3, -0.25) is 4.90 Å². The highest BCUT2D eigenvalue weighted by atomic mass is 79.9. The standard InChI is InChI=1S/C14H18BrClFN/c15-12-4-5-14(17)11(9-12)10-18-8-2-1-3-13(18)6-7-16/h4-5,9,13H,1-3,6-8,10H2. The summed E-state index contributed by atoms with van der Waals surface area (Å²) in [6, 6.07) is 5.65. The molecule has 18 heavy (non-hydrogen) atoms. The molecule has 0 amide bonds. The van der Waals surface area contributed by atoms with Crippen molar-refractivity contribution in [2.75, 3.05) is 12.4 Å². The van der Waals surface area contributed by atoms with Crippen molar-refractivity contribution in [2.45, 2.75) is 38.3 Å². The van der Waals surface area contributed by atoms with Crippen LogP contribution >= 0.6 is 27.5 Å². The van der Waals surface area contributed by atoms with E-state index in [1.165, 1.54) is 25.3 Å². The predicted octanol–water partition coefficient (Wildman–Crippen LogP) is 4.57. The van der Waals surface area contributed by atoms with Crippen molar-refractivity contribution in [1.29, 1.82) is 0 Å². The van der Waals surface area contributed by atoms with E-state index in [0.717, 1.165) is 23.0 Å². The van der Waals surface area contributed by atoms with E-state index >= 15 is 0 Å². The summed E-state index contributed by atoms with van der Waals surface area (Å²) < 4.78 is 14.7. The quantitative estimate of drug-likeness (QED) is 0.729. The molecule has 1 aliphatic heterocycles. The Morgan fingerprint density at radius 1 is 1.39 bits per heavy atom. The van der Waals surface area contributed by atoms with Crippen molar-refractivity contribution >= 4 is 27.5 Å². The summed E-state index contributed by atoms with van der Waals surface area (Å²) in [5.74, 6) is 0.565. The molecule has 1 unspecified atom stereocenters. The Hall–Kier alpha value is -0.120. The fraction of sp³-hybridized carbons (Fsp3) is 0.571. The van der Waals surface area contributed by atoms with Crippen LogP contribution in [-0.2, 0) is 6.54 Å². The number of benzene rings is 1. The fourth-order valence-electron chi connectivity index (χ4n) is 2.60. The molecular formula is C14H18BrClFN. The number of hydrogen-bond acceptors (Lipinski definition) is 1. The van der Waals surface area contributed by atoms with Crippen LogP contribution in [0, 0.1) is 5.82 Å². The number of rotatable bonds is 4. The van der Waals surface area contributed by atoms with Gasteiger partial charge in [0.2, 0.25) is 0 Å². The highest BCUT2D eigenvalue weighted by Gasteiger charge is 2.22. The Kier molecular flexibility index (Phi) is 5.46. The fourth-order valence-corrected chi connectivity index (χ4v) is 3.26. The molecule has 100 valence electrons. The minimum Gasteiger partial charge on any atom is -0.296 e. The summed E-state index contributed by atoms with van der Waals surface area (Å²) in [7, 11) is 0. The number of alkyl halides is 1. The Bertz CT molecular complexity index is 397. The van der Waals surface area contributed by atoms with Gasteiger partial charge in [0.15, 0.2) is 0 Å². The van der Waals surface area contributed by atoms with E-state index in [4.69, 9.17) is 11.6 Å². The SMILES string of the molecule is Fc1ccc(Br)cc1CN1CCCCC1CCCl. The van der Waals surface area contributed by atoms with E-state index in [1.807, 2.05) is 6.07 Å². The second kappa shape index (κ2) is 6.88. The summed E-state index contributed by atoms with van der Waals surface area (Å²) in [5, 5.41) is 0. The molecule has 1 atom stereocenters. The van der Waals surface area contributed by atoms with Crippen molar-refractivity contribution in [3.63, 3.8) is 0 Å². The van der Waals surface area contributed by atoms with Gasteiger partial charge in [0, 0.05) is 28.5 Å². The average molecular weight is 335 g/mol. The first-order chi connectivity index (χ1) is 8.70. The van der Waals surface area contributed by atoms with Crippen molar-refractivity contribution in [3.05, 3.63) is 34.1 Å². The lowest BCUT2D eigenvalue weighted by molar-refractivity contribution is 0.135. The summed E-state index contributed by atoms with van der Waals surface area (Å²) in [6.07, 6.45) is 4.65. The van der Waals surface area contributed by atoms with E-state index in [-0.39, 0.29) is 5.82 Å². The van der Waals surface area contributed by atoms with Gasteiger partial charge in [-0.2, -0.15) is 0 Å². The molecule has 1 saturated heterocycles. The molecule has 0 bridgehead atoms. The lowest BCUT2D eigenvalue weighted by Gasteiger charge is -2.35. The number of hydrogen-bond donors (Lipinski definition) is 0. The van der Waals surface area contributed by atoms with Crippen LogP contribution in [0.15, 0.2) is 22.7 Å². The Morgan fingerprint density at radius 3 is 3.00 bits per heavy atom. The Morgan fingerprint density at radius 2 is 2.22 bits per heavy atom. The van der Waals surface area contributed by atoms with Crippen LogP contribution in [0.25, 0.3) is 0 Å². The highest BCUT2D eigenvalue weighted by molar-refractivity contribution is 9.10. The number of likely N-dealkylation sites (tertiary alicyclic amines) is 1. The minimum absolute atomic E-state index is 0.117. The van der Waals surface area contributed by atoms with Crippen LogP contribution in [0.3, 0.4) is 0 Å². The van der Waals surface area contributed by atoms with Crippen molar-refractivity contribution < 1.29 is 4.39 Å². The molecule has 0 spiro atoms. The lowest BCUT2D eigenvalue weighted by atomic mass is 9.99. The van der Waals surface area contributed by atoms with Crippen LogP contribution in [0.4, 0.5) is 4.39 Å². The monoisotopic (exact) mass is 333 g/mol. The van der Waals surface area contributed by atoms with E-state index in [2.05, 4.69) is 20.8 Å². The first-order valence-corrected chi connectivity index (χ1v) is 7.77. The lowest BCUT2D eigenvalue weighted by Crippen LogP contribution is -2.39. The van der Waals surface area contributed by atoms with Gasteiger partial charge < -0.3 is 0 Å². The van der Waals surface area contributed by atoms with Crippen molar-refractivity contribution in [1.82, 2.24) is 4.90 Å². The van der Waals surface area contributed by atoms with E-state index in [0.29, 0.717) is 18.5 Å². The third kappa shape index (κ3) is 3.69. The maximum atomic E-state index is 13.8. The molecule has 0 N–H and O–H groups in total. The third-order valence-corrected chi connectivity index (χ3v) is 4.28. The number of nitrogens with zero attached hydrogens (tertiary/aromatic N) is 1. The first kappa shape index (κ1) is 14.3. The van der Waals surface area contributed by atoms with Gasteiger partial charge in [-0.05, 0) is 44.0 Å². The number of piperidine rings is 1. The average Bonchev–Trinajstić information content (AvgIpc) is 2.36. The molecule has 0 radical (unpaired) electrons. The maximum absolute atomic E-state index is 13.8. The topological polar surface area (TPSA) is 3.24 Å². The minimum atomic E-state index is -0.117. The molecule has 1 aromatic carbocycles. The maximum Gasteiger partial charge on any atom is 0.127 e. The molecule has 2 rings (SSSR count). The number of halogens is 3. The molecule has 1 fully saturated rings. The van der Waals surface area contributed by atoms with Gasteiger partial charge in [0.05, 0.1) is 0 Å². The molecule has 1 heterocycles. The summed E-state index contributed by atoms with van der Waals surface area (Å²) in [4.78, 5) is 2.37. The van der Waals surface area contributed by atoms with Gasteiger partial charge in [0.1, 0.15) is 5.82 Å². The van der Waals surface area contributed by atoms with Crippen LogP contribution in [0.5, 0.6) is 0 Å². The van der Waals surface area contributed by atoms with Crippen molar-refractivity contribution in [3.8, 4) is 0 Å². The van der Waals surface area contributed by atoms with Crippen LogP contribution in [0.1, 0.15) is 31.2 Å². The highest BCUT2D eigenvalue weighted by Crippen LogP contribution is 2.24. The van der Waals surface area contributed by atoms with Crippen molar-refractivity contribution in [2.24, 2.45) is 0 Å². The van der Waals surface area contributed by atoms with Gasteiger partial charge >= 0.3 is 0 Å². The van der Waals surface area contributed by atoms with Gasteiger partial charge in [-0.15, -0.1) is 11.6 Å². The molecule has 1 nitrogen and oxygen atoms in total. The third-order valence-electron chi connectivity index (χ3n) is 3.57. The molecule has 1 aromatic rings. The molecule has 0 saturated carbocycles. The van der Waals surface area contributed by atoms with Gasteiger partial charge in [-0.25, -0.2) is 4.39 Å². The van der Waals surface area contributed by atoms with Crippen LogP contribution < -0.4 is 0 Å².